The Morgan fingerprint density at radius 2 is 1.43 bits per heavy atom. The second-order valence-corrected chi connectivity index (χ2v) is 14.1. The smallest absolute Gasteiger partial charge is 0.310 e. The summed E-state index contributed by atoms with van der Waals surface area (Å²) in [5.74, 6) is -0.609. The zero-order chi connectivity index (χ0) is 39.8. The molecule has 1 aliphatic rings. The molecule has 0 aromatic heterocycles. The van der Waals surface area contributed by atoms with Crippen molar-refractivity contribution < 1.29 is 28.9 Å². The van der Waals surface area contributed by atoms with Crippen LogP contribution in [-0.4, -0.2) is 42.0 Å². The predicted octanol–water partition coefficient (Wildman–Crippen LogP) is 8.58. The molecule has 284 valence electrons. The van der Waals surface area contributed by atoms with E-state index in [0.717, 1.165) is 45.3 Å². The third-order valence-electron chi connectivity index (χ3n) is 9.61. The lowest BCUT2D eigenvalue weighted by Crippen LogP contribution is -2.22. The second kappa shape index (κ2) is 17.2. The van der Waals surface area contributed by atoms with Gasteiger partial charge in [-0.15, -0.1) is 0 Å². The molecule has 0 aliphatic carbocycles. The van der Waals surface area contributed by atoms with Gasteiger partial charge in [0.1, 0.15) is 0 Å². The number of anilines is 2. The summed E-state index contributed by atoms with van der Waals surface area (Å²) in [6.07, 6.45) is 10.1. The van der Waals surface area contributed by atoms with Gasteiger partial charge in [0, 0.05) is 53.6 Å². The first-order valence-electron chi connectivity index (χ1n) is 17.7. The standard InChI is InChI=1S/C42H48N4O8/c1-9-53-39(47)24-29-16-18-36(43-27-31-20-32(45(49)50)26-33(21-31)46(51)52)34(22-29)41(4,5)28(3)14-12-11-13-15-38-42(6,7)35-23-30(25-40(48)54-10-2)17-19-37(35)44(38)8/h11-23,26,43H,3,9-10,24-25,27H2,1-2,4-8H3/b13-11+,14-12+,38-15-. The summed E-state index contributed by atoms with van der Waals surface area (Å²) in [4.78, 5) is 48.2. The Balaban J connectivity index is 1.57. The molecule has 0 saturated heterocycles. The van der Waals surface area contributed by atoms with Crippen molar-refractivity contribution in [2.24, 2.45) is 0 Å². The number of carbonyl (C=O) groups is 2. The van der Waals surface area contributed by atoms with Crippen LogP contribution < -0.4 is 10.2 Å². The van der Waals surface area contributed by atoms with Crippen molar-refractivity contribution in [3.63, 3.8) is 0 Å². The van der Waals surface area contributed by atoms with Crippen molar-refractivity contribution in [1.29, 1.82) is 0 Å². The predicted molar refractivity (Wildman–Crippen MR) is 211 cm³/mol. The van der Waals surface area contributed by atoms with Gasteiger partial charge in [0.25, 0.3) is 11.4 Å². The molecule has 0 atom stereocenters. The van der Waals surface area contributed by atoms with E-state index in [1.807, 2.05) is 69.5 Å². The quantitative estimate of drug-likeness (QED) is 0.0655. The molecule has 1 aliphatic heterocycles. The summed E-state index contributed by atoms with van der Waals surface area (Å²) in [5.41, 5.74) is 5.84. The van der Waals surface area contributed by atoms with Crippen LogP contribution in [-0.2, 0) is 49.3 Å². The molecule has 4 rings (SSSR count). The maximum atomic E-state index is 12.4. The minimum absolute atomic E-state index is 0.0648. The van der Waals surface area contributed by atoms with Gasteiger partial charge in [-0.1, -0.05) is 82.8 Å². The number of ether oxygens (including phenoxy) is 2. The molecule has 1 heterocycles. The average Bonchev–Trinajstić information content (AvgIpc) is 3.30. The van der Waals surface area contributed by atoms with Gasteiger partial charge < -0.3 is 19.7 Å². The Labute approximate surface area is 316 Å². The number of allylic oxidation sites excluding steroid dienone is 7. The first kappa shape index (κ1) is 40.7. The number of non-ortho nitro benzene ring substituents is 2. The largest absolute Gasteiger partial charge is 0.466 e. The molecular formula is C42H48N4O8. The van der Waals surface area contributed by atoms with E-state index in [1.54, 1.807) is 19.9 Å². The molecule has 0 fully saturated rings. The normalized spacial score (nSPS) is 14.4. The lowest BCUT2D eigenvalue weighted by molar-refractivity contribution is -0.394. The van der Waals surface area contributed by atoms with Crippen LogP contribution >= 0.6 is 0 Å². The molecule has 3 aromatic rings. The summed E-state index contributed by atoms with van der Waals surface area (Å²) >= 11 is 0. The van der Waals surface area contributed by atoms with E-state index in [4.69, 9.17) is 9.47 Å². The van der Waals surface area contributed by atoms with Gasteiger partial charge in [0.2, 0.25) is 0 Å². The van der Waals surface area contributed by atoms with Gasteiger partial charge in [-0.05, 0) is 65.4 Å². The lowest BCUT2D eigenvalue weighted by atomic mass is 9.76. The SMILES string of the molecule is C=C(/C=C/C=C/C=C1\N(C)c2ccc(CC(=O)OCC)cc2C1(C)C)C(C)(C)c1cc(CC(=O)OCC)ccc1NCc1cc([N+](=O)[O-])cc([N+](=O)[O-])c1. The number of likely N-dealkylation sites (N-methyl/N-ethyl adjacent to an activating group) is 1. The van der Waals surface area contributed by atoms with Crippen molar-refractivity contribution in [3.05, 3.63) is 151 Å². The highest BCUT2D eigenvalue weighted by Gasteiger charge is 2.38. The third-order valence-corrected chi connectivity index (χ3v) is 9.61. The molecule has 3 aromatic carbocycles. The van der Waals surface area contributed by atoms with E-state index in [1.165, 1.54) is 12.1 Å². The lowest BCUT2D eigenvalue weighted by Gasteiger charge is -2.30. The number of carbonyl (C=O) groups excluding carboxylic acids is 2. The highest BCUT2D eigenvalue weighted by molar-refractivity contribution is 5.76. The molecular weight excluding hydrogens is 688 g/mol. The van der Waals surface area contributed by atoms with Gasteiger partial charge in [0.15, 0.2) is 0 Å². The summed E-state index contributed by atoms with van der Waals surface area (Å²) in [7, 11) is 2.03. The van der Waals surface area contributed by atoms with Crippen molar-refractivity contribution in [1.82, 2.24) is 0 Å². The molecule has 0 spiro atoms. The average molecular weight is 737 g/mol. The Hall–Kier alpha value is -6.04. The van der Waals surface area contributed by atoms with E-state index >= 15 is 0 Å². The summed E-state index contributed by atoms with van der Waals surface area (Å²) in [5, 5.41) is 26.2. The first-order valence-corrected chi connectivity index (χ1v) is 17.7. The van der Waals surface area contributed by atoms with Crippen LogP contribution in [0, 0.1) is 20.2 Å². The Morgan fingerprint density at radius 1 is 0.852 bits per heavy atom. The van der Waals surface area contributed by atoms with E-state index in [2.05, 4.69) is 42.8 Å². The maximum Gasteiger partial charge on any atom is 0.310 e. The molecule has 12 heteroatoms. The summed E-state index contributed by atoms with van der Waals surface area (Å²) in [6.45, 7) is 16.9. The highest BCUT2D eigenvalue weighted by atomic mass is 16.6. The fourth-order valence-corrected chi connectivity index (χ4v) is 6.55. The van der Waals surface area contributed by atoms with Gasteiger partial charge in [-0.3, -0.25) is 29.8 Å². The van der Waals surface area contributed by atoms with Gasteiger partial charge in [-0.2, -0.15) is 0 Å². The topological polar surface area (TPSA) is 154 Å². The van der Waals surface area contributed by atoms with Gasteiger partial charge in [0.05, 0.1) is 42.0 Å². The number of esters is 2. The molecule has 0 saturated carbocycles. The van der Waals surface area contributed by atoms with Crippen LogP contribution in [0.5, 0.6) is 0 Å². The number of hydrogen-bond donors (Lipinski definition) is 1. The molecule has 12 nitrogen and oxygen atoms in total. The number of nitrogens with zero attached hydrogens (tertiary/aromatic N) is 3. The number of nitro groups is 2. The number of nitrogens with one attached hydrogen (secondary N) is 1. The molecule has 0 amide bonds. The monoisotopic (exact) mass is 736 g/mol. The minimum Gasteiger partial charge on any atom is -0.466 e. The number of rotatable bonds is 16. The Kier molecular flexibility index (Phi) is 13.0. The minimum atomic E-state index is -0.666. The van der Waals surface area contributed by atoms with E-state index in [0.29, 0.717) is 17.9 Å². The van der Waals surface area contributed by atoms with Crippen LogP contribution in [0.2, 0.25) is 0 Å². The van der Waals surface area contributed by atoms with Crippen molar-refractivity contribution in [3.8, 4) is 0 Å². The van der Waals surface area contributed by atoms with Gasteiger partial charge in [-0.25, -0.2) is 0 Å². The van der Waals surface area contributed by atoms with Crippen molar-refractivity contribution in [2.45, 2.75) is 71.8 Å². The maximum absolute atomic E-state index is 12.4. The van der Waals surface area contributed by atoms with Crippen LogP contribution in [0.15, 0.2) is 103 Å². The summed E-state index contributed by atoms with van der Waals surface area (Å²) in [6, 6.07) is 15.1. The van der Waals surface area contributed by atoms with Crippen LogP contribution in [0.25, 0.3) is 0 Å². The van der Waals surface area contributed by atoms with E-state index in [9.17, 15) is 29.8 Å². The number of benzene rings is 3. The van der Waals surface area contributed by atoms with E-state index in [-0.39, 0.29) is 54.7 Å². The van der Waals surface area contributed by atoms with Crippen LogP contribution in [0.1, 0.15) is 69.4 Å². The van der Waals surface area contributed by atoms with Gasteiger partial charge >= 0.3 is 11.9 Å². The number of nitro benzene ring substituents is 2. The first-order chi connectivity index (χ1) is 25.5. The molecule has 0 unspecified atom stereocenters. The van der Waals surface area contributed by atoms with Crippen LogP contribution in [0.3, 0.4) is 0 Å². The molecule has 54 heavy (non-hydrogen) atoms. The fraction of sp³-hybridized carbons (Fsp3) is 0.333. The van der Waals surface area contributed by atoms with Crippen LogP contribution in [0.4, 0.5) is 22.7 Å². The number of fused-ring (bicyclic) bond motifs is 1. The zero-order valence-corrected chi connectivity index (χ0v) is 31.9. The molecule has 0 bridgehead atoms. The Bertz CT molecular complexity index is 2010. The van der Waals surface area contributed by atoms with Crippen molar-refractivity contribution in [2.75, 3.05) is 30.5 Å². The zero-order valence-electron chi connectivity index (χ0n) is 31.9. The molecule has 1 N–H and O–H groups in total. The third kappa shape index (κ3) is 9.49. The summed E-state index contributed by atoms with van der Waals surface area (Å²) < 4.78 is 10.3. The molecule has 0 radical (unpaired) electrons. The van der Waals surface area contributed by atoms with Crippen molar-refractivity contribution >= 4 is 34.7 Å². The fourth-order valence-electron chi connectivity index (χ4n) is 6.55. The van der Waals surface area contributed by atoms with E-state index < -0.39 is 15.3 Å². The second-order valence-electron chi connectivity index (χ2n) is 14.1. The Morgan fingerprint density at radius 3 is 2.00 bits per heavy atom. The number of hydrogen-bond acceptors (Lipinski definition) is 10. The highest BCUT2D eigenvalue weighted by Crippen LogP contribution is 2.47.